The van der Waals surface area contributed by atoms with E-state index >= 15 is 0 Å². The highest BCUT2D eigenvalue weighted by molar-refractivity contribution is 6.09. The lowest BCUT2D eigenvalue weighted by Gasteiger charge is -2.28. The molecule has 0 aromatic carbocycles. The van der Waals surface area contributed by atoms with E-state index in [4.69, 9.17) is 6.42 Å². The zero-order valence-electron chi connectivity index (χ0n) is 14.6. The summed E-state index contributed by atoms with van der Waals surface area (Å²) in [5, 5.41) is 14.2. The van der Waals surface area contributed by atoms with Gasteiger partial charge in [0.1, 0.15) is 0 Å². The first-order valence-electron chi connectivity index (χ1n) is 8.75. The summed E-state index contributed by atoms with van der Waals surface area (Å²) < 4.78 is 1.95. The molecule has 0 amide bonds. The van der Waals surface area contributed by atoms with Gasteiger partial charge in [-0.3, -0.25) is 9.48 Å². The van der Waals surface area contributed by atoms with E-state index in [0.29, 0.717) is 11.3 Å². The maximum Gasteiger partial charge on any atom is 0.177 e. The van der Waals surface area contributed by atoms with Crippen molar-refractivity contribution < 1.29 is 9.90 Å². The van der Waals surface area contributed by atoms with Crippen LogP contribution >= 0.6 is 0 Å². The van der Waals surface area contributed by atoms with Gasteiger partial charge in [0.15, 0.2) is 5.78 Å². The number of ketones is 1. The molecule has 0 spiro atoms. The smallest absolute Gasteiger partial charge is 0.177 e. The molecule has 1 unspecified atom stereocenters. The highest BCUT2D eigenvalue weighted by atomic mass is 16.3. The number of aliphatic hydroxyl groups excluding tert-OH is 1. The lowest BCUT2D eigenvalue weighted by atomic mass is 9.91. The number of fused-ring (bicyclic) bond motifs is 1. The van der Waals surface area contributed by atoms with Crippen molar-refractivity contribution in [3.05, 3.63) is 53.1 Å². The number of rotatable bonds is 3. The minimum Gasteiger partial charge on any atom is -0.387 e. The van der Waals surface area contributed by atoms with Crippen molar-refractivity contribution in [2.24, 2.45) is 0 Å². The molecule has 1 saturated heterocycles. The maximum atomic E-state index is 12.6. The number of allylic oxidation sites excluding steroid dienone is 1. The zero-order chi connectivity index (χ0) is 18.3. The summed E-state index contributed by atoms with van der Waals surface area (Å²) in [6, 6.07) is 5.78. The second kappa shape index (κ2) is 6.43. The van der Waals surface area contributed by atoms with Crippen LogP contribution in [0.2, 0.25) is 0 Å². The molecule has 0 radical (unpaired) electrons. The minimum absolute atomic E-state index is 0.0517. The van der Waals surface area contributed by atoms with Crippen LogP contribution < -0.4 is 0 Å². The third-order valence-electron chi connectivity index (χ3n) is 5.04. The first kappa shape index (κ1) is 16.6. The molecular weight excluding hydrogens is 328 g/mol. The first-order chi connectivity index (χ1) is 12.6. The average Bonchev–Trinajstić information content (AvgIpc) is 3.31. The molecule has 132 valence electrons. The molecule has 0 bridgehead atoms. The van der Waals surface area contributed by atoms with Crippen molar-refractivity contribution in [1.29, 1.82) is 0 Å². The van der Waals surface area contributed by atoms with E-state index < -0.39 is 6.10 Å². The summed E-state index contributed by atoms with van der Waals surface area (Å²) >= 11 is 0. The van der Waals surface area contributed by atoms with Gasteiger partial charge < -0.3 is 10.0 Å². The minimum atomic E-state index is -0.677. The Labute approximate surface area is 152 Å². The standard InChI is InChI=1S/C20H20N4O2/c1-3-16-18(26)11-14-5-6-17(13(2)25)22-19(14)20(16)23-10-7-15(12-23)24-9-4-8-21-24/h1,4-6,8-9,13,15,25H,7,10-12H2,2H3/t13?,15-/m1/s1. The SMILES string of the molecule is C#CC1=C(N2CC[C@@H](n3cccn3)C2)c2nc(C(C)O)ccc2CC1=O. The molecule has 2 aliphatic rings. The van der Waals surface area contributed by atoms with Crippen LogP contribution in [-0.2, 0) is 11.2 Å². The van der Waals surface area contributed by atoms with E-state index in [1.54, 1.807) is 19.2 Å². The fourth-order valence-corrected chi connectivity index (χ4v) is 3.71. The van der Waals surface area contributed by atoms with E-state index in [1.165, 1.54) is 0 Å². The second-order valence-electron chi connectivity index (χ2n) is 6.76. The quantitative estimate of drug-likeness (QED) is 0.856. The monoisotopic (exact) mass is 348 g/mol. The van der Waals surface area contributed by atoms with Crippen molar-refractivity contribution in [2.45, 2.75) is 31.9 Å². The van der Waals surface area contributed by atoms with Crippen molar-refractivity contribution in [3.63, 3.8) is 0 Å². The number of hydrogen-bond donors (Lipinski definition) is 1. The van der Waals surface area contributed by atoms with Gasteiger partial charge in [-0.05, 0) is 31.0 Å². The Kier molecular flexibility index (Phi) is 4.09. The number of carbonyl (C=O) groups excluding carboxylic acids is 1. The summed E-state index contributed by atoms with van der Waals surface area (Å²) in [5.74, 6) is 2.53. The van der Waals surface area contributed by atoms with Gasteiger partial charge in [0.2, 0.25) is 0 Å². The summed E-state index contributed by atoms with van der Waals surface area (Å²) in [6.07, 6.45) is 9.90. The number of aliphatic hydroxyl groups is 1. The number of Topliss-reactive ketones (excluding diaryl/α,β-unsaturated/α-hetero) is 1. The number of aromatic nitrogens is 3. The summed E-state index contributed by atoms with van der Waals surface area (Å²) in [6.45, 7) is 3.17. The van der Waals surface area contributed by atoms with Crippen LogP contribution in [0.3, 0.4) is 0 Å². The maximum absolute atomic E-state index is 12.6. The van der Waals surface area contributed by atoms with Gasteiger partial charge in [-0.1, -0.05) is 12.0 Å². The highest BCUT2D eigenvalue weighted by Gasteiger charge is 2.34. The van der Waals surface area contributed by atoms with Crippen molar-refractivity contribution in [2.75, 3.05) is 13.1 Å². The van der Waals surface area contributed by atoms with E-state index in [-0.39, 0.29) is 18.2 Å². The molecule has 6 nitrogen and oxygen atoms in total. The van der Waals surface area contributed by atoms with Crippen LogP contribution in [0.5, 0.6) is 0 Å². The highest BCUT2D eigenvalue weighted by Crippen LogP contribution is 2.35. The summed E-state index contributed by atoms with van der Waals surface area (Å²) in [5.41, 5.74) is 3.26. The molecule has 2 aromatic rings. The molecule has 1 aliphatic carbocycles. The number of likely N-dealkylation sites (tertiary alicyclic amines) is 1. The summed E-state index contributed by atoms with van der Waals surface area (Å²) in [4.78, 5) is 19.3. The van der Waals surface area contributed by atoms with Gasteiger partial charge >= 0.3 is 0 Å². The molecule has 26 heavy (non-hydrogen) atoms. The molecule has 1 N–H and O–H groups in total. The normalized spacial score (nSPS) is 20.9. The molecule has 2 aromatic heterocycles. The Morgan fingerprint density at radius 3 is 2.96 bits per heavy atom. The van der Waals surface area contributed by atoms with E-state index in [0.717, 1.165) is 36.5 Å². The molecule has 0 saturated carbocycles. The molecule has 3 heterocycles. The van der Waals surface area contributed by atoms with Gasteiger partial charge in [-0.25, -0.2) is 4.98 Å². The number of nitrogens with zero attached hydrogens (tertiary/aromatic N) is 4. The predicted octanol–water partition coefficient (Wildman–Crippen LogP) is 1.75. The molecule has 1 aliphatic heterocycles. The Morgan fingerprint density at radius 2 is 2.27 bits per heavy atom. The van der Waals surface area contributed by atoms with Gasteiger partial charge in [0.05, 0.1) is 34.8 Å². The van der Waals surface area contributed by atoms with Crippen LogP contribution in [0, 0.1) is 12.3 Å². The van der Waals surface area contributed by atoms with Crippen LogP contribution in [0.1, 0.15) is 42.4 Å². The molecular formula is C20H20N4O2. The first-order valence-corrected chi connectivity index (χ1v) is 8.75. The van der Waals surface area contributed by atoms with Crippen molar-refractivity contribution >= 4 is 11.5 Å². The van der Waals surface area contributed by atoms with E-state index in [2.05, 4.69) is 20.9 Å². The topological polar surface area (TPSA) is 71.2 Å². The Morgan fingerprint density at radius 1 is 1.42 bits per heavy atom. The number of pyridine rings is 1. The van der Waals surface area contributed by atoms with Crippen molar-refractivity contribution in [3.8, 4) is 12.3 Å². The Bertz CT molecular complexity index is 922. The van der Waals surface area contributed by atoms with Gasteiger partial charge in [-0.15, -0.1) is 6.42 Å². The second-order valence-corrected chi connectivity index (χ2v) is 6.76. The van der Waals surface area contributed by atoms with Crippen LogP contribution in [0.15, 0.2) is 36.2 Å². The van der Waals surface area contributed by atoms with Gasteiger partial charge in [-0.2, -0.15) is 5.10 Å². The van der Waals surface area contributed by atoms with Gasteiger partial charge in [0.25, 0.3) is 0 Å². The summed E-state index contributed by atoms with van der Waals surface area (Å²) in [7, 11) is 0. The number of carbonyl (C=O) groups is 1. The lowest BCUT2D eigenvalue weighted by Crippen LogP contribution is -2.28. The fraction of sp³-hybridized carbons (Fsp3) is 0.350. The number of terminal acetylenes is 1. The molecule has 6 heteroatoms. The average molecular weight is 348 g/mol. The van der Waals surface area contributed by atoms with Gasteiger partial charge in [0, 0.05) is 31.9 Å². The van der Waals surface area contributed by atoms with Crippen LogP contribution in [0.25, 0.3) is 5.70 Å². The van der Waals surface area contributed by atoms with Crippen LogP contribution in [0.4, 0.5) is 0 Å². The van der Waals surface area contributed by atoms with E-state index in [1.807, 2.05) is 23.0 Å². The predicted molar refractivity (Wildman–Crippen MR) is 96.8 cm³/mol. The van der Waals surface area contributed by atoms with E-state index in [9.17, 15) is 9.90 Å². The van der Waals surface area contributed by atoms with Crippen LogP contribution in [-0.4, -0.2) is 43.6 Å². The third kappa shape index (κ3) is 2.71. The Hall–Kier alpha value is -2.91. The largest absolute Gasteiger partial charge is 0.387 e. The van der Waals surface area contributed by atoms with Crippen molar-refractivity contribution in [1.82, 2.24) is 19.7 Å². The molecule has 2 atom stereocenters. The number of hydrogen-bond acceptors (Lipinski definition) is 5. The lowest BCUT2D eigenvalue weighted by molar-refractivity contribution is -0.114. The zero-order valence-corrected chi connectivity index (χ0v) is 14.6. The molecule has 4 rings (SSSR count). The Balaban J connectivity index is 1.77. The molecule has 1 fully saturated rings. The fourth-order valence-electron chi connectivity index (χ4n) is 3.71. The third-order valence-corrected chi connectivity index (χ3v) is 5.04.